The van der Waals surface area contributed by atoms with Crippen LogP contribution in [0.2, 0.25) is 0 Å². The van der Waals surface area contributed by atoms with Gasteiger partial charge in [-0.25, -0.2) is 39.9 Å². The van der Waals surface area contributed by atoms with Gasteiger partial charge in [-0.3, -0.25) is 33.6 Å². The lowest BCUT2D eigenvalue weighted by Gasteiger charge is -2.23. The van der Waals surface area contributed by atoms with Crippen LogP contribution in [-0.2, 0) is 35.3 Å². The Hall–Kier alpha value is -8.17. The fourth-order valence-electron chi connectivity index (χ4n) is 9.84. The molecule has 3 aliphatic rings. The highest BCUT2D eigenvalue weighted by Gasteiger charge is 2.39. The number of nitrogens with zero attached hydrogens (tertiary/aromatic N) is 9. The Kier molecular flexibility index (Phi) is 18.1. The summed E-state index contributed by atoms with van der Waals surface area (Å²) < 4.78 is 11.4. The first kappa shape index (κ1) is 60.5. The van der Waals surface area contributed by atoms with Crippen LogP contribution in [0.1, 0.15) is 125 Å². The molecule has 10 heterocycles. The molecule has 0 aliphatic carbocycles. The van der Waals surface area contributed by atoms with E-state index in [0.717, 1.165) is 11.3 Å². The number of benzene rings is 1. The average molecular weight is 1290 g/mol. The van der Waals surface area contributed by atoms with Crippen LogP contribution in [0.4, 0.5) is 0 Å². The normalized spacial score (nSPS) is 19.6. The van der Waals surface area contributed by atoms with Gasteiger partial charge in [0, 0.05) is 52.7 Å². The zero-order chi connectivity index (χ0) is 61.2. The molecule has 0 saturated carbocycles. The number of aliphatic hydroxyl groups is 1. The standard InChI is InChI=1S/C56H55N15O10S6/c1-24(2)39-55-70-42(36(87-55)19-80-5)48(78)61-29(16-37(72)58-4)53-69-40(25(3)86-53)47(77)59-17-38(73)67-43(44(74)26-10-7-6-8-11-26)54-66-34(23-85-54)52-63-31(20-83-52)41-27(50-64-32(21-82-50)46(76)68-39)13-14-28(60-41)51-65-33(22-84-51)49-62-30(18-81-49)56(79)71-15-9-12-35(71)45(57)75/h6-8,10-11,13-14,20-24,29-30,35,39,43-44,74H,9,12,15-19H2,1-5H3,(H2,57,75)(H,58,72)(H,59,77)(H,61,78)(H,67,73)(H,68,76). The van der Waals surface area contributed by atoms with Gasteiger partial charge in [-0.15, -0.1) is 68.0 Å². The van der Waals surface area contributed by atoms with E-state index in [1.54, 1.807) is 59.5 Å². The smallest absolute Gasteiger partial charge is 0.271 e. The molecule has 7 amide bonds. The molecule has 6 unspecified atom stereocenters. The van der Waals surface area contributed by atoms with Crippen molar-refractivity contribution >= 4 is 115 Å². The Morgan fingerprint density at radius 2 is 1.47 bits per heavy atom. The third kappa shape index (κ3) is 13.0. The number of hydrogen-bond donors (Lipinski definition) is 7. The molecule has 3 aliphatic heterocycles. The lowest BCUT2D eigenvalue weighted by Crippen LogP contribution is -2.47. The van der Waals surface area contributed by atoms with Crippen molar-refractivity contribution in [1.82, 2.24) is 66.4 Å². The Labute approximate surface area is 520 Å². The maximum atomic E-state index is 14.4. The topological polar surface area (TPSA) is 350 Å². The van der Waals surface area contributed by atoms with E-state index in [9.17, 15) is 38.7 Å². The second-order valence-corrected chi connectivity index (χ2v) is 26.3. The first-order valence-electron chi connectivity index (χ1n) is 27.2. The Morgan fingerprint density at radius 3 is 2.23 bits per heavy atom. The molecule has 11 rings (SSSR count). The van der Waals surface area contributed by atoms with Gasteiger partial charge >= 0.3 is 0 Å². The van der Waals surface area contributed by atoms with E-state index >= 15 is 0 Å². The van der Waals surface area contributed by atoms with Crippen LogP contribution in [-0.4, -0.2) is 138 Å². The highest BCUT2D eigenvalue weighted by atomic mass is 32.1. The number of aliphatic hydroxyl groups excluding tert-OH is 1. The number of hydrogen-bond acceptors (Lipinski definition) is 24. The van der Waals surface area contributed by atoms with E-state index in [1.165, 1.54) is 75.7 Å². The molecule has 0 radical (unpaired) electrons. The summed E-state index contributed by atoms with van der Waals surface area (Å²) in [5.41, 5.74) is 8.75. The van der Waals surface area contributed by atoms with E-state index in [2.05, 4.69) is 36.6 Å². The number of rotatable bonds is 11. The van der Waals surface area contributed by atoms with Gasteiger partial charge in [0.25, 0.3) is 23.6 Å². The quantitative estimate of drug-likeness (QED) is 0.0788. The molecule has 1 fully saturated rings. The summed E-state index contributed by atoms with van der Waals surface area (Å²) in [5.74, 6) is -3.94. The molecule has 87 heavy (non-hydrogen) atoms. The van der Waals surface area contributed by atoms with Crippen molar-refractivity contribution < 1.29 is 48.1 Å². The number of carbonyl (C=O) groups excluding carboxylic acids is 7. The lowest BCUT2D eigenvalue weighted by atomic mass is 10.0. The van der Waals surface area contributed by atoms with E-state index in [4.69, 9.17) is 45.1 Å². The Balaban J connectivity index is 0.968. The molecule has 0 spiro atoms. The van der Waals surface area contributed by atoms with Gasteiger partial charge in [-0.2, -0.15) is 0 Å². The second kappa shape index (κ2) is 26.0. The van der Waals surface area contributed by atoms with E-state index < -0.39 is 78.3 Å². The van der Waals surface area contributed by atoms with Crippen LogP contribution in [0, 0.1) is 12.8 Å². The molecule has 31 heteroatoms. The number of aliphatic imine (C=N–C) groups is 1. The number of nitrogens with two attached hydrogens (primary N) is 1. The van der Waals surface area contributed by atoms with Crippen molar-refractivity contribution in [2.75, 3.05) is 33.9 Å². The third-order valence-electron chi connectivity index (χ3n) is 14.3. The fourth-order valence-corrected chi connectivity index (χ4v) is 15.4. The molecule has 7 aromatic heterocycles. The summed E-state index contributed by atoms with van der Waals surface area (Å²) in [6.07, 6.45) is -0.400. The van der Waals surface area contributed by atoms with Gasteiger partial charge in [0.1, 0.15) is 94.7 Å². The number of pyridine rings is 1. The van der Waals surface area contributed by atoms with Gasteiger partial charge in [0.2, 0.25) is 23.6 Å². The fraction of sp³-hybridized carbons (Fsp3) is 0.339. The van der Waals surface area contributed by atoms with E-state index in [1.807, 2.05) is 25.3 Å². The third-order valence-corrected chi connectivity index (χ3v) is 20.0. The van der Waals surface area contributed by atoms with Crippen LogP contribution >= 0.6 is 68.0 Å². The number of amides is 7. The van der Waals surface area contributed by atoms with Crippen molar-refractivity contribution in [3.05, 3.63) is 117 Å². The number of aromatic nitrogens is 7. The molecule has 10 bridgehead atoms. The summed E-state index contributed by atoms with van der Waals surface area (Å²) in [6, 6.07) is 7.91. The molecule has 25 nitrogen and oxygen atoms in total. The number of thiazole rings is 6. The van der Waals surface area contributed by atoms with Crippen molar-refractivity contribution in [1.29, 1.82) is 0 Å². The molecule has 1 aromatic carbocycles. The minimum Gasteiger partial charge on any atom is -0.473 e. The van der Waals surface area contributed by atoms with Crippen LogP contribution in [0.3, 0.4) is 0 Å². The summed E-state index contributed by atoms with van der Waals surface area (Å²) >= 11 is 7.22. The average Bonchev–Trinajstić information content (AvgIpc) is 4.58. The Bertz CT molecular complexity index is 3980. The first-order chi connectivity index (χ1) is 41.9. The van der Waals surface area contributed by atoms with Crippen LogP contribution in [0.5, 0.6) is 0 Å². The van der Waals surface area contributed by atoms with Gasteiger partial charge in [0.15, 0.2) is 6.04 Å². The Morgan fingerprint density at radius 1 is 0.759 bits per heavy atom. The number of aryl methyl sites for hydroxylation is 1. The van der Waals surface area contributed by atoms with Crippen LogP contribution in [0.15, 0.2) is 69.0 Å². The van der Waals surface area contributed by atoms with Crippen molar-refractivity contribution in [2.24, 2.45) is 16.6 Å². The molecule has 450 valence electrons. The van der Waals surface area contributed by atoms with Gasteiger partial charge in [-0.05, 0) is 43.4 Å². The molecule has 6 atom stereocenters. The van der Waals surface area contributed by atoms with Crippen molar-refractivity contribution in [2.45, 2.75) is 83.0 Å². The number of nitrogens with one attached hydrogen (secondary N) is 5. The second-order valence-electron chi connectivity index (χ2n) is 20.5. The van der Waals surface area contributed by atoms with Gasteiger partial charge < -0.3 is 51.8 Å². The predicted octanol–water partition coefficient (Wildman–Crippen LogP) is 5.93. The molecular formula is C56H55N15O10S6. The maximum Gasteiger partial charge on any atom is 0.271 e. The van der Waals surface area contributed by atoms with Crippen molar-refractivity contribution in [3.8, 4) is 43.4 Å². The lowest BCUT2D eigenvalue weighted by molar-refractivity contribution is -0.138. The van der Waals surface area contributed by atoms with Gasteiger partial charge in [-0.1, -0.05) is 44.2 Å². The minimum absolute atomic E-state index is 0.00249. The largest absolute Gasteiger partial charge is 0.473 e. The summed E-state index contributed by atoms with van der Waals surface area (Å²) in [4.78, 5) is 136. The number of primary amides is 1. The number of likely N-dealkylation sites (tertiary alicyclic amines) is 1. The van der Waals surface area contributed by atoms with Crippen molar-refractivity contribution in [3.63, 3.8) is 0 Å². The zero-order valence-electron chi connectivity index (χ0n) is 47.0. The number of methoxy groups -OCH3 is 1. The summed E-state index contributed by atoms with van der Waals surface area (Å²) in [5, 5.41) is 35.3. The molecule has 8 aromatic rings. The number of ether oxygens (including phenoxy) is 2. The predicted molar refractivity (Wildman–Crippen MR) is 327 cm³/mol. The summed E-state index contributed by atoms with van der Waals surface area (Å²) in [7, 11) is 2.93. The van der Waals surface area contributed by atoms with Crippen LogP contribution in [0.25, 0.3) is 43.4 Å². The molecular weight excluding hydrogens is 1240 g/mol. The number of fused-ring (bicyclic) bond motifs is 14. The highest BCUT2D eigenvalue weighted by Crippen LogP contribution is 2.40. The van der Waals surface area contributed by atoms with E-state index in [-0.39, 0.29) is 59.4 Å². The SMILES string of the molecule is CNC(=O)CC1NC(=O)c2nc(sc2COC)C(C(C)C)NC(=O)c2csc(n2)-c2ccc(-c3nc(C4=NC(C(=O)N5CCCC5C(N)=O)CO4)cs3)nc2-c2csc(n2)-c2csc(n2)C(C(O)c2ccccc2)NC(=O)CNC(=O)c2nc1sc2C. The minimum atomic E-state index is -1.29. The van der Waals surface area contributed by atoms with Gasteiger partial charge in [0.05, 0.1) is 42.2 Å². The van der Waals surface area contributed by atoms with Crippen LogP contribution < -0.4 is 32.3 Å². The monoisotopic (exact) mass is 1290 g/mol. The first-order valence-corrected chi connectivity index (χ1v) is 32.3. The highest BCUT2D eigenvalue weighted by molar-refractivity contribution is 7.15. The van der Waals surface area contributed by atoms with E-state index in [0.29, 0.717) is 93.8 Å². The zero-order valence-corrected chi connectivity index (χ0v) is 51.9. The molecule has 1 saturated heterocycles. The maximum absolute atomic E-state index is 14.4. The molecule has 8 N–H and O–H groups in total. The summed E-state index contributed by atoms with van der Waals surface area (Å²) in [6.45, 7) is 5.29. The number of carbonyl (C=O) groups is 7.